The van der Waals surface area contributed by atoms with Gasteiger partial charge in [0.05, 0.1) is 37.2 Å². The van der Waals surface area contributed by atoms with Gasteiger partial charge in [-0.3, -0.25) is 4.79 Å². The first kappa shape index (κ1) is 19.6. The lowest BCUT2D eigenvalue weighted by molar-refractivity contribution is -0.111. The van der Waals surface area contributed by atoms with Crippen LogP contribution in [0.25, 0.3) is 6.08 Å². The van der Waals surface area contributed by atoms with Gasteiger partial charge in [0, 0.05) is 12.1 Å². The van der Waals surface area contributed by atoms with Crippen molar-refractivity contribution < 1.29 is 19.0 Å². The fraction of sp³-hybridized carbons (Fsp3) is 0.263. The molecular formula is C19H21ClN2O4. The number of rotatable bonds is 7. The molecule has 2 rings (SSSR count). The Balaban J connectivity index is 2.10. The van der Waals surface area contributed by atoms with Gasteiger partial charge in [-0.05, 0) is 43.7 Å². The predicted molar refractivity (Wildman–Crippen MR) is 102 cm³/mol. The number of halogens is 1. The summed E-state index contributed by atoms with van der Waals surface area (Å²) < 4.78 is 16.0. The van der Waals surface area contributed by atoms with Crippen molar-refractivity contribution in [2.24, 2.45) is 0 Å². The molecule has 1 heterocycles. The van der Waals surface area contributed by atoms with Crippen molar-refractivity contribution in [3.8, 4) is 17.4 Å². The van der Waals surface area contributed by atoms with Gasteiger partial charge < -0.3 is 19.5 Å². The summed E-state index contributed by atoms with van der Waals surface area (Å²) in [6.45, 7) is 3.81. The highest BCUT2D eigenvalue weighted by molar-refractivity contribution is 6.32. The van der Waals surface area contributed by atoms with E-state index in [-0.39, 0.29) is 12.0 Å². The highest BCUT2D eigenvalue weighted by Gasteiger charge is 2.12. The number of carbonyl (C=O) groups is 1. The van der Waals surface area contributed by atoms with Crippen LogP contribution in [0, 0.1) is 0 Å². The molecule has 1 aromatic carbocycles. The number of ether oxygens (including phenoxy) is 3. The molecule has 2 aromatic rings. The van der Waals surface area contributed by atoms with Crippen LogP contribution in [-0.2, 0) is 4.79 Å². The monoisotopic (exact) mass is 376 g/mol. The van der Waals surface area contributed by atoms with Crippen LogP contribution in [0.15, 0.2) is 36.5 Å². The number of hydrogen-bond acceptors (Lipinski definition) is 5. The third-order valence-electron chi connectivity index (χ3n) is 3.25. The first-order chi connectivity index (χ1) is 12.4. The van der Waals surface area contributed by atoms with Gasteiger partial charge in [0.2, 0.25) is 11.8 Å². The van der Waals surface area contributed by atoms with Crippen LogP contribution >= 0.6 is 11.6 Å². The largest absolute Gasteiger partial charge is 0.493 e. The van der Waals surface area contributed by atoms with E-state index < -0.39 is 0 Å². The average molecular weight is 377 g/mol. The standard InChI is InChI=1S/C19H21ClN2O4/c1-12(2)26-19-15(20)9-13(10-16(19)24-3)5-7-17(23)22-14-6-8-18(25-4)21-11-14/h5-12H,1-4H3,(H,22,23)/b7-5+. The summed E-state index contributed by atoms with van der Waals surface area (Å²) in [5.41, 5.74) is 1.28. The average Bonchev–Trinajstić information content (AvgIpc) is 2.62. The first-order valence-electron chi connectivity index (χ1n) is 7.96. The lowest BCUT2D eigenvalue weighted by atomic mass is 10.2. The Morgan fingerprint density at radius 3 is 2.58 bits per heavy atom. The van der Waals surface area contributed by atoms with Crippen LogP contribution in [-0.4, -0.2) is 31.2 Å². The molecule has 0 fully saturated rings. The molecule has 6 nitrogen and oxygen atoms in total. The van der Waals surface area contributed by atoms with Gasteiger partial charge in [0.25, 0.3) is 0 Å². The Hall–Kier alpha value is -2.73. The zero-order chi connectivity index (χ0) is 19.1. The zero-order valence-electron chi connectivity index (χ0n) is 15.1. The van der Waals surface area contributed by atoms with Gasteiger partial charge in [-0.15, -0.1) is 0 Å². The minimum atomic E-state index is -0.297. The normalized spacial score (nSPS) is 10.8. The molecule has 0 unspecified atom stereocenters. The fourth-order valence-electron chi connectivity index (χ4n) is 2.12. The molecule has 138 valence electrons. The highest BCUT2D eigenvalue weighted by atomic mass is 35.5. The predicted octanol–water partition coefficient (Wildman–Crippen LogP) is 4.19. The van der Waals surface area contributed by atoms with Crippen molar-refractivity contribution in [2.45, 2.75) is 20.0 Å². The zero-order valence-corrected chi connectivity index (χ0v) is 15.8. The molecule has 0 bridgehead atoms. The number of nitrogens with one attached hydrogen (secondary N) is 1. The minimum absolute atomic E-state index is 0.0355. The molecule has 0 saturated carbocycles. The summed E-state index contributed by atoms with van der Waals surface area (Å²) in [5.74, 6) is 1.17. The molecule has 0 spiro atoms. The van der Waals surface area contributed by atoms with E-state index in [1.807, 2.05) is 13.8 Å². The number of amides is 1. The summed E-state index contributed by atoms with van der Waals surface area (Å²) in [4.78, 5) is 16.1. The van der Waals surface area contributed by atoms with E-state index in [2.05, 4.69) is 10.3 Å². The van der Waals surface area contributed by atoms with Crippen LogP contribution in [0.5, 0.6) is 17.4 Å². The number of hydrogen-bond donors (Lipinski definition) is 1. The third-order valence-corrected chi connectivity index (χ3v) is 3.53. The van der Waals surface area contributed by atoms with E-state index in [1.54, 1.807) is 30.3 Å². The van der Waals surface area contributed by atoms with E-state index >= 15 is 0 Å². The Kier molecular flexibility index (Phi) is 6.86. The van der Waals surface area contributed by atoms with E-state index in [1.165, 1.54) is 26.5 Å². The van der Waals surface area contributed by atoms with Gasteiger partial charge in [-0.1, -0.05) is 11.6 Å². The molecular weight excluding hydrogens is 356 g/mol. The molecule has 0 aliphatic heterocycles. The second-order valence-electron chi connectivity index (χ2n) is 5.61. The number of carbonyl (C=O) groups excluding carboxylic acids is 1. The Morgan fingerprint density at radius 2 is 2.00 bits per heavy atom. The van der Waals surface area contributed by atoms with Gasteiger partial charge in [0.1, 0.15) is 0 Å². The maximum Gasteiger partial charge on any atom is 0.248 e. The summed E-state index contributed by atoms with van der Waals surface area (Å²) in [6.07, 6.45) is 4.52. The number of nitrogens with zero attached hydrogens (tertiary/aromatic N) is 1. The van der Waals surface area contributed by atoms with Crippen molar-refractivity contribution in [3.63, 3.8) is 0 Å². The molecule has 0 saturated heterocycles. The van der Waals surface area contributed by atoms with Crippen molar-refractivity contribution >= 4 is 29.3 Å². The summed E-state index contributed by atoms with van der Waals surface area (Å²) in [6, 6.07) is 6.83. The minimum Gasteiger partial charge on any atom is -0.493 e. The van der Waals surface area contributed by atoms with Crippen molar-refractivity contribution in [3.05, 3.63) is 47.1 Å². The van der Waals surface area contributed by atoms with Crippen LogP contribution in [0.4, 0.5) is 5.69 Å². The number of benzene rings is 1. The number of aromatic nitrogens is 1. The third kappa shape index (κ3) is 5.39. The van der Waals surface area contributed by atoms with Crippen LogP contribution in [0.2, 0.25) is 5.02 Å². The van der Waals surface area contributed by atoms with Crippen molar-refractivity contribution in [1.29, 1.82) is 0 Å². The molecule has 0 aliphatic rings. The van der Waals surface area contributed by atoms with Crippen LogP contribution in [0.1, 0.15) is 19.4 Å². The SMILES string of the molecule is COc1ccc(NC(=O)/C=C/c2cc(Cl)c(OC(C)C)c(OC)c2)cn1. The Bertz CT molecular complexity index is 789. The van der Waals surface area contributed by atoms with E-state index in [0.29, 0.717) is 33.7 Å². The van der Waals surface area contributed by atoms with Crippen LogP contribution < -0.4 is 19.5 Å². The second kappa shape index (κ2) is 9.10. The maximum absolute atomic E-state index is 12.0. The fourth-order valence-corrected chi connectivity index (χ4v) is 2.38. The molecule has 7 heteroatoms. The lowest BCUT2D eigenvalue weighted by Gasteiger charge is -2.15. The molecule has 1 amide bonds. The van der Waals surface area contributed by atoms with E-state index in [4.69, 9.17) is 25.8 Å². The molecule has 1 aromatic heterocycles. The molecule has 26 heavy (non-hydrogen) atoms. The highest BCUT2D eigenvalue weighted by Crippen LogP contribution is 2.37. The number of pyridine rings is 1. The Morgan fingerprint density at radius 1 is 1.23 bits per heavy atom. The van der Waals surface area contributed by atoms with Gasteiger partial charge in [-0.25, -0.2) is 4.98 Å². The molecule has 0 atom stereocenters. The van der Waals surface area contributed by atoms with Crippen molar-refractivity contribution in [2.75, 3.05) is 19.5 Å². The summed E-state index contributed by atoms with van der Waals surface area (Å²) in [5, 5.41) is 3.13. The van der Waals surface area contributed by atoms with E-state index in [0.717, 1.165) is 0 Å². The Labute approximate surface area is 157 Å². The number of methoxy groups -OCH3 is 2. The quantitative estimate of drug-likeness (QED) is 0.733. The van der Waals surface area contributed by atoms with E-state index in [9.17, 15) is 4.79 Å². The smallest absolute Gasteiger partial charge is 0.248 e. The second-order valence-corrected chi connectivity index (χ2v) is 6.02. The van der Waals surface area contributed by atoms with Crippen molar-refractivity contribution in [1.82, 2.24) is 4.98 Å². The summed E-state index contributed by atoms with van der Waals surface area (Å²) >= 11 is 6.27. The number of anilines is 1. The topological polar surface area (TPSA) is 69.7 Å². The lowest BCUT2D eigenvalue weighted by Crippen LogP contribution is -2.08. The molecule has 0 radical (unpaired) electrons. The summed E-state index contributed by atoms with van der Waals surface area (Å²) in [7, 11) is 3.07. The molecule has 1 N–H and O–H groups in total. The van der Waals surface area contributed by atoms with Gasteiger partial charge >= 0.3 is 0 Å². The first-order valence-corrected chi connectivity index (χ1v) is 8.34. The van der Waals surface area contributed by atoms with Gasteiger partial charge in [0.15, 0.2) is 11.5 Å². The van der Waals surface area contributed by atoms with Crippen LogP contribution in [0.3, 0.4) is 0 Å². The van der Waals surface area contributed by atoms with Gasteiger partial charge in [-0.2, -0.15) is 0 Å². The molecule has 0 aliphatic carbocycles. The maximum atomic E-state index is 12.0.